The second-order valence-electron chi connectivity index (χ2n) is 8.40. The predicted octanol–water partition coefficient (Wildman–Crippen LogP) is 1.39. The van der Waals surface area contributed by atoms with Crippen LogP contribution < -0.4 is 10.7 Å². The highest BCUT2D eigenvalue weighted by atomic mass is 16.5. The molecule has 1 aromatic carbocycles. The first-order chi connectivity index (χ1) is 15.5. The number of hydrogen-bond donors (Lipinski definition) is 0. The van der Waals surface area contributed by atoms with E-state index in [0.29, 0.717) is 23.4 Å². The molecule has 0 unspecified atom stereocenters. The van der Waals surface area contributed by atoms with E-state index in [-0.39, 0.29) is 17.9 Å². The summed E-state index contributed by atoms with van der Waals surface area (Å²) >= 11 is 0. The molecule has 3 aromatic heterocycles. The largest absolute Gasteiger partial charge is 0.425 e. The minimum absolute atomic E-state index is 0.191. The lowest BCUT2D eigenvalue weighted by Crippen LogP contribution is -2.44. The number of H-pyrrole nitrogens is 1. The molecule has 0 amide bonds. The van der Waals surface area contributed by atoms with Gasteiger partial charge >= 0.3 is 5.69 Å². The lowest BCUT2D eigenvalue weighted by atomic mass is 10.1. The Morgan fingerprint density at radius 1 is 1.19 bits per heavy atom. The van der Waals surface area contributed by atoms with Crippen LogP contribution in [0.2, 0.25) is 0 Å². The van der Waals surface area contributed by atoms with E-state index in [0.717, 1.165) is 36.1 Å². The van der Waals surface area contributed by atoms with Gasteiger partial charge < -0.3 is 4.74 Å². The van der Waals surface area contributed by atoms with Gasteiger partial charge in [-0.1, -0.05) is 12.1 Å². The van der Waals surface area contributed by atoms with E-state index in [2.05, 4.69) is 41.0 Å². The summed E-state index contributed by atoms with van der Waals surface area (Å²) in [7, 11) is 0. The van der Waals surface area contributed by atoms with Crippen molar-refractivity contribution >= 4 is 16.7 Å². The summed E-state index contributed by atoms with van der Waals surface area (Å²) < 4.78 is 8.80. The number of pyridine rings is 1. The normalized spacial score (nSPS) is 19.4. The highest BCUT2D eigenvalue weighted by Crippen LogP contribution is 2.19. The van der Waals surface area contributed by atoms with Crippen LogP contribution in [0.25, 0.3) is 16.7 Å². The summed E-state index contributed by atoms with van der Waals surface area (Å²) in [5, 5.41) is 14.2. The molecule has 0 spiro atoms. The molecule has 0 saturated carbocycles. The average molecular weight is 430 g/mol. The SMILES string of the molecule is C[C@@H]1CN(Cc2cnc3c(c2)c2[nH+]cnn2c(=O)n3Cc2cccc(C#N)c2)C[C@H](C)O1. The third-order valence-corrected chi connectivity index (χ3v) is 5.73. The molecule has 4 aromatic rings. The zero-order valence-electron chi connectivity index (χ0n) is 18.0. The zero-order valence-corrected chi connectivity index (χ0v) is 18.0. The van der Waals surface area contributed by atoms with Gasteiger partial charge in [0.25, 0.3) is 12.0 Å². The molecule has 1 fully saturated rings. The fourth-order valence-corrected chi connectivity index (χ4v) is 4.52. The van der Waals surface area contributed by atoms with Crippen molar-refractivity contribution in [3.8, 4) is 6.07 Å². The van der Waals surface area contributed by atoms with Gasteiger partial charge in [-0.3, -0.25) is 9.47 Å². The smallest absolute Gasteiger partial charge is 0.373 e. The average Bonchev–Trinajstić information content (AvgIpc) is 3.27. The van der Waals surface area contributed by atoms with Crippen LogP contribution in [0, 0.1) is 11.3 Å². The quantitative estimate of drug-likeness (QED) is 0.485. The third kappa shape index (κ3) is 3.75. The molecule has 1 aliphatic heterocycles. The van der Waals surface area contributed by atoms with Crippen LogP contribution in [-0.2, 0) is 17.8 Å². The lowest BCUT2D eigenvalue weighted by molar-refractivity contribution is -0.345. The number of nitriles is 1. The van der Waals surface area contributed by atoms with Gasteiger partial charge in [0, 0.05) is 30.9 Å². The number of hydrogen-bond acceptors (Lipinski definition) is 6. The van der Waals surface area contributed by atoms with Crippen LogP contribution in [0.1, 0.15) is 30.5 Å². The van der Waals surface area contributed by atoms with Gasteiger partial charge in [0.15, 0.2) is 5.65 Å². The maximum absolute atomic E-state index is 13.2. The number of nitrogens with one attached hydrogen (secondary N) is 1. The second kappa shape index (κ2) is 8.15. The van der Waals surface area contributed by atoms with Crippen LogP contribution >= 0.6 is 0 Å². The minimum Gasteiger partial charge on any atom is -0.373 e. The fourth-order valence-electron chi connectivity index (χ4n) is 4.52. The molecular formula is C23H24N7O2+. The molecule has 32 heavy (non-hydrogen) atoms. The summed E-state index contributed by atoms with van der Waals surface area (Å²) in [6, 6.07) is 11.5. The number of rotatable bonds is 4. The Morgan fingerprint density at radius 2 is 2.00 bits per heavy atom. The van der Waals surface area contributed by atoms with Gasteiger partial charge in [0.2, 0.25) is 0 Å². The summed E-state index contributed by atoms with van der Waals surface area (Å²) in [5.41, 5.74) is 3.38. The van der Waals surface area contributed by atoms with Crippen LogP contribution in [-0.4, -0.2) is 49.4 Å². The zero-order chi connectivity index (χ0) is 22.2. The first kappa shape index (κ1) is 20.3. The Bertz CT molecular complexity index is 1390. The topological polar surface area (TPSA) is 103 Å². The molecule has 0 aliphatic carbocycles. The Morgan fingerprint density at radius 3 is 2.78 bits per heavy atom. The Labute approximate surface area is 184 Å². The van der Waals surface area contributed by atoms with Crippen molar-refractivity contribution in [1.82, 2.24) is 24.1 Å². The van der Waals surface area contributed by atoms with Gasteiger partial charge in [0.05, 0.1) is 35.8 Å². The number of nitrogens with zero attached hydrogens (tertiary/aromatic N) is 6. The van der Waals surface area contributed by atoms with E-state index in [1.54, 1.807) is 16.7 Å². The molecular weight excluding hydrogens is 406 g/mol. The first-order valence-corrected chi connectivity index (χ1v) is 10.7. The number of morpholine rings is 1. The standard InChI is InChI=1S/C23H23N7O2/c1-15-10-28(11-16(2)32-15)12-19-7-20-21(25-9-19)29(23(31)30-22(20)26-14-27-30)13-18-5-3-4-17(6-18)8-24/h3-7,9,14-16H,10-13H2,1-2H3/p+1/t15-,16+. The first-order valence-electron chi connectivity index (χ1n) is 10.7. The van der Waals surface area contributed by atoms with Gasteiger partial charge in [-0.05, 0) is 47.7 Å². The van der Waals surface area contributed by atoms with Crippen molar-refractivity contribution in [2.75, 3.05) is 13.1 Å². The number of ether oxygens (including phenoxy) is 1. The van der Waals surface area contributed by atoms with Crippen LogP contribution in [0.4, 0.5) is 0 Å². The predicted molar refractivity (Wildman–Crippen MR) is 117 cm³/mol. The molecule has 5 rings (SSSR count). The van der Waals surface area contributed by atoms with E-state index in [1.165, 1.54) is 10.8 Å². The molecule has 0 bridgehead atoms. The highest BCUT2D eigenvalue weighted by molar-refractivity contribution is 5.87. The number of benzene rings is 1. The summed E-state index contributed by atoms with van der Waals surface area (Å²) in [6.07, 6.45) is 3.73. The van der Waals surface area contributed by atoms with Crippen molar-refractivity contribution in [2.24, 2.45) is 0 Å². The number of fused-ring (bicyclic) bond motifs is 3. The molecule has 162 valence electrons. The van der Waals surface area contributed by atoms with Crippen molar-refractivity contribution in [2.45, 2.75) is 39.1 Å². The van der Waals surface area contributed by atoms with E-state index >= 15 is 0 Å². The summed E-state index contributed by atoms with van der Waals surface area (Å²) in [5.74, 6) is 0. The van der Waals surface area contributed by atoms with Gasteiger partial charge in [0.1, 0.15) is 0 Å². The van der Waals surface area contributed by atoms with Crippen LogP contribution in [0.5, 0.6) is 0 Å². The van der Waals surface area contributed by atoms with Crippen molar-refractivity contribution in [3.05, 3.63) is 70.0 Å². The second-order valence-corrected chi connectivity index (χ2v) is 8.40. The van der Waals surface area contributed by atoms with Crippen molar-refractivity contribution < 1.29 is 9.72 Å². The molecule has 1 saturated heterocycles. The fraction of sp³-hybridized carbons (Fsp3) is 0.348. The maximum Gasteiger partial charge on any atom is 0.425 e. The van der Waals surface area contributed by atoms with E-state index in [9.17, 15) is 10.1 Å². The van der Waals surface area contributed by atoms with E-state index < -0.39 is 0 Å². The highest BCUT2D eigenvalue weighted by Gasteiger charge is 2.24. The van der Waals surface area contributed by atoms with Crippen molar-refractivity contribution in [3.63, 3.8) is 0 Å². The third-order valence-electron chi connectivity index (χ3n) is 5.73. The Balaban J connectivity index is 1.58. The number of aromatic amines is 1. The Hall–Kier alpha value is -3.61. The summed E-state index contributed by atoms with van der Waals surface area (Å²) in [6.45, 7) is 6.96. The van der Waals surface area contributed by atoms with Crippen molar-refractivity contribution in [1.29, 1.82) is 5.26 Å². The molecule has 9 nitrogen and oxygen atoms in total. The molecule has 2 atom stereocenters. The van der Waals surface area contributed by atoms with Crippen LogP contribution in [0.15, 0.2) is 47.7 Å². The van der Waals surface area contributed by atoms with Gasteiger partial charge in [-0.2, -0.15) is 5.26 Å². The molecule has 0 radical (unpaired) electrons. The molecule has 4 heterocycles. The van der Waals surface area contributed by atoms with E-state index in [1.807, 2.05) is 18.3 Å². The molecule has 1 N–H and O–H groups in total. The van der Waals surface area contributed by atoms with E-state index in [4.69, 9.17) is 9.72 Å². The summed E-state index contributed by atoms with van der Waals surface area (Å²) in [4.78, 5) is 23.3. The lowest BCUT2D eigenvalue weighted by Gasteiger charge is -2.35. The maximum atomic E-state index is 13.2. The Kier molecular flexibility index (Phi) is 5.17. The molecule has 9 heteroatoms. The van der Waals surface area contributed by atoms with Crippen LogP contribution in [0.3, 0.4) is 0 Å². The minimum atomic E-state index is -0.285. The number of aromatic nitrogens is 5. The molecule has 1 aliphatic rings. The monoisotopic (exact) mass is 430 g/mol. The van der Waals surface area contributed by atoms with Gasteiger partial charge in [-0.25, -0.2) is 14.8 Å². The van der Waals surface area contributed by atoms with Gasteiger partial charge in [-0.15, -0.1) is 0 Å².